The van der Waals surface area contributed by atoms with E-state index in [9.17, 15) is 0 Å². The zero-order chi connectivity index (χ0) is 9.14. The van der Waals surface area contributed by atoms with Gasteiger partial charge in [0.1, 0.15) is 0 Å². The van der Waals surface area contributed by atoms with Gasteiger partial charge in [0, 0.05) is 6.07 Å². The summed E-state index contributed by atoms with van der Waals surface area (Å²) in [4.78, 5) is 0. The number of rotatable bonds is 3. The molecule has 68 valence electrons. The molecule has 0 saturated carbocycles. The normalized spacial score (nSPS) is 13.8. The molecule has 0 aliphatic heterocycles. The zero-order valence-electron chi connectivity index (χ0n) is 7.87. The third kappa shape index (κ3) is 2.34. The topological polar surface area (TPSA) is 52.0 Å². The van der Waals surface area contributed by atoms with Gasteiger partial charge in [0.15, 0.2) is 5.76 Å². The molecule has 0 spiro atoms. The third-order valence-corrected chi connectivity index (χ3v) is 1.74. The molecular weight excluding hydrogens is 152 g/mol. The van der Waals surface area contributed by atoms with E-state index in [0.717, 1.165) is 17.9 Å². The van der Waals surface area contributed by atoms with E-state index in [4.69, 9.17) is 10.3 Å². The van der Waals surface area contributed by atoms with Gasteiger partial charge in [-0.15, -0.1) is 0 Å². The molecule has 0 amide bonds. The molecule has 1 heterocycles. The van der Waals surface area contributed by atoms with Gasteiger partial charge in [-0.05, 0) is 19.3 Å². The maximum atomic E-state index is 5.88. The summed E-state index contributed by atoms with van der Waals surface area (Å²) in [5, 5.41) is 3.79. The van der Waals surface area contributed by atoms with Crippen LogP contribution in [0.5, 0.6) is 0 Å². The lowest BCUT2D eigenvalue weighted by Gasteiger charge is -2.09. The lowest BCUT2D eigenvalue weighted by molar-refractivity contribution is 0.340. The quantitative estimate of drug-likeness (QED) is 0.751. The molecule has 2 N–H and O–H groups in total. The van der Waals surface area contributed by atoms with E-state index >= 15 is 0 Å². The molecule has 0 saturated heterocycles. The van der Waals surface area contributed by atoms with Crippen LogP contribution in [0.25, 0.3) is 0 Å². The smallest absolute Gasteiger partial charge is 0.153 e. The van der Waals surface area contributed by atoms with Crippen LogP contribution >= 0.6 is 0 Å². The maximum absolute atomic E-state index is 5.88. The molecule has 1 rings (SSSR count). The molecule has 3 nitrogen and oxygen atoms in total. The van der Waals surface area contributed by atoms with Crippen molar-refractivity contribution in [1.29, 1.82) is 0 Å². The van der Waals surface area contributed by atoms with E-state index in [-0.39, 0.29) is 6.04 Å². The van der Waals surface area contributed by atoms with E-state index in [2.05, 4.69) is 19.0 Å². The summed E-state index contributed by atoms with van der Waals surface area (Å²) in [6.07, 6.45) is 0.939. The van der Waals surface area contributed by atoms with Crippen molar-refractivity contribution < 1.29 is 4.52 Å². The Morgan fingerprint density at radius 1 is 1.58 bits per heavy atom. The van der Waals surface area contributed by atoms with Crippen molar-refractivity contribution in [2.75, 3.05) is 0 Å². The van der Waals surface area contributed by atoms with Crippen LogP contribution in [-0.4, -0.2) is 5.16 Å². The average molecular weight is 168 g/mol. The van der Waals surface area contributed by atoms with Gasteiger partial charge in [-0.2, -0.15) is 0 Å². The number of hydrogen-bond acceptors (Lipinski definition) is 3. The van der Waals surface area contributed by atoms with Gasteiger partial charge in [0.05, 0.1) is 11.7 Å². The van der Waals surface area contributed by atoms with Crippen LogP contribution in [0.4, 0.5) is 0 Å². The first-order valence-corrected chi connectivity index (χ1v) is 4.28. The average Bonchev–Trinajstić information content (AvgIpc) is 2.34. The molecule has 0 fully saturated rings. The zero-order valence-corrected chi connectivity index (χ0v) is 7.87. The van der Waals surface area contributed by atoms with Crippen molar-refractivity contribution in [1.82, 2.24) is 5.16 Å². The van der Waals surface area contributed by atoms with Crippen molar-refractivity contribution >= 4 is 0 Å². The van der Waals surface area contributed by atoms with E-state index in [1.54, 1.807) is 0 Å². The molecular formula is C9H16N2O. The Balaban J connectivity index is 2.58. The van der Waals surface area contributed by atoms with Crippen LogP contribution in [0.1, 0.15) is 37.8 Å². The van der Waals surface area contributed by atoms with E-state index in [1.807, 2.05) is 13.0 Å². The Kier molecular flexibility index (Phi) is 2.87. The van der Waals surface area contributed by atoms with Crippen LogP contribution in [0, 0.1) is 12.8 Å². The molecule has 0 radical (unpaired) electrons. The minimum absolute atomic E-state index is 0.00815. The summed E-state index contributed by atoms with van der Waals surface area (Å²) in [5.41, 5.74) is 6.77. The molecule has 0 aliphatic carbocycles. The number of nitrogens with zero attached hydrogens (tertiary/aromatic N) is 1. The van der Waals surface area contributed by atoms with Gasteiger partial charge in [0.25, 0.3) is 0 Å². The molecule has 3 heteroatoms. The van der Waals surface area contributed by atoms with Crippen LogP contribution in [0.3, 0.4) is 0 Å². The monoisotopic (exact) mass is 168 g/mol. The highest BCUT2D eigenvalue weighted by molar-refractivity contribution is 5.06. The second-order valence-electron chi connectivity index (χ2n) is 3.61. The Hall–Kier alpha value is -0.830. The summed E-state index contributed by atoms with van der Waals surface area (Å²) in [6.45, 7) is 6.18. The van der Waals surface area contributed by atoms with Gasteiger partial charge < -0.3 is 10.3 Å². The van der Waals surface area contributed by atoms with Crippen LogP contribution in [0.15, 0.2) is 10.6 Å². The highest BCUT2D eigenvalue weighted by Crippen LogP contribution is 2.18. The molecule has 0 aliphatic rings. The van der Waals surface area contributed by atoms with Crippen LogP contribution in [-0.2, 0) is 0 Å². The van der Waals surface area contributed by atoms with Crippen LogP contribution < -0.4 is 5.73 Å². The number of nitrogens with two attached hydrogens (primary N) is 1. The minimum Gasteiger partial charge on any atom is -0.359 e. The first-order valence-electron chi connectivity index (χ1n) is 4.28. The first kappa shape index (κ1) is 9.26. The second-order valence-corrected chi connectivity index (χ2v) is 3.61. The Labute approximate surface area is 72.9 Å². The molecule has 1 unspecified atom stereocenters. The minimum atomic E-state index is -0.00815. The van der Waals surface area contributed by atoms with E-state index < -0.39 is 0 Å². The van der Waals surface area contributed by atoms with Crippen LogP contribution in [0.2, 0.25) is 0 Å². The number of aryl methyl sites for hydroxylation is 1. The first-order chi connectivity index (χ1) is 5.59. The summed E-state index contributed by atoms with van der Waals surface area (Å²) in [6, 6.07) is 1.89. The fourth-order valence-electron chi connectivity index (χ4n) is 1.18. The fraction of sp³-hybridized carbons (Fsp3) is 0.667. The lowest BCUT2D eigenvalue weighted by Crippen LogP contribution is -2.11. The second kappa shape index (κ2) is 3.72. The molecule has 1 aromatic heterocycles. The third-order valence-electron chi connectivity index (χ3n) is 1.74. The van der Waals surface area contributed by atoms with Crippen molar-refractivity contribution in [3.05, 3.63) is 17.5 Å². The van der Waals surface area contributed by atoms with E-state index in [0.29, 0.717) is 5.92 Å². The van der Waals surface area contributed by atoms with Gasteiger partial charge in [-0.3, -0.25) is 0 Å². The summed E-state index contributed by atoms with van der Waals surface area (Å²) in [7, 11) is 0. The van der Waals surface area contributed by atoms with Gasteiger partial charge in [0.2, 0.25) is 0 Å². The predicted molar refractivity (Wildman–Crippen MR) is 47.6 cm³/mol. The highest BCUT2D eigenvalue weighted by Gasteiger charge is 2.12. The highest BCUT2D eigenvalue weighted by atomic mass is 16.5. The Morgan fingerprint density at radius 3 is 2.67 bits per heavy atom. The molecule has 12 heavy (non-hydrogen) atoms. The SMILES string of the molecule is Cc1cc(C(N)CC(C)C)on1. The number of hydrogen-bond donors (Lipinski definition) is 1. The van der Waals surface area contributed by atoms with Crippen molar-refractivity contribution in [2.24, 2.45) is 11.7 Å². The van der Waals surface area contributed by atoms with Gasteiger partial charge >= 0.3 is 0 Å². The van der Waals surface area contributed by atoms with Crippen molar-refractivity contribution in [3.8, 4) is 0 Å². The molecule has 0 bridgehead atoms. The largest absolute Gasteiger partial charge is 0.359 e. The summed E-state index contributed by atoms with van der Waals surface area (Å²) >= 11 is 0. The van der Waals surface area contributed by atoms with Gasteiger partial charge in [-0.1, -0.05) is 19.0 Å². The van der Waals surface area contributed by atoms with Crippen molar-refractivity contribution in [2.45, 2.75) is 33.2 Å². The predicted octanol–water partition coefficient (Wildman–Crippen LogP) is 2.03. The Bertz CT molecular complexity index is 242. The number of aromatic nitrogens is 1. The summed E-state index contributed by atoms with van der Waals surface area (Å²) < 4.78 is 5.05. The fourth-order valence-corrected chi connectivity index (χ4v) is 1.18. The summed E-state index contributed by atoms with van der Waals surface area (Å²) in [5.74, 6) is 1.38. The maximum Gasteiger partial charge on any atom is 0.153 e. The van der Waals surface area contributed by atoms with Gasteiger partial charge in [-0.25, -0.2) is 0 Å². The van der Waals surface area contributed by atoms with Crippen molar-refractivity contribution in [3.63, 3.8) is 0 Å². The Morgan fingerprint density at radius 2 is 2.25 bits per heavy atom. The molecule has 1 atom stereocenters. The van der Waals surface area contributed by atoms with E-state index in [1.165, 1.54) is 0 Å². The molecule has 1 aromatic rings. The standard InChI is InChI=1S/C9H16N2O/c1-6(2)4-8(10)9-5-7(3)11-12-9/h5-6,8H,4,10H2,1-3H3. The lowest BCUT2D eigenvalue weighted by atomic mass is 10.0. The molecule has 0 aromatic carbocycles.